The molecule has 1 fully saturated rings. The third-order valence-electron chi connectivity index (χ3n) is 4.33. The Morgan fingerprint density at radius 1 is 1.46 bits per heavy atom. The number of halogens is 4. The molecule has 1 heterocycles. The molecule has 2 rings (SSSR count). The Labute approximate surface area is 147 Å². The first kappa shape index (κ1) is 19.4. The van der Waals surface area contributed by atoms with Crippen LogP contribution in [-0.4, -0.2) is 48.0 Å². The quantitative estimate of drug-likeness (QED) is 0.481. The van der Waals surface area contributed by atoms with E-state index in [9.17, 15) is 13.2 Å². The highest BCUT2D eigenvalue weighted by atomic mass is 79.9. The van der Waals surface area contributed by atoms with E-state index in [0.29, 0.717) is 25.1 Å². The smallest absolute Gasteiger partial charge is 0.383 e. The Bertz CT molecular complexity index is 561. The highest BCUT2D eigenvalue weighted by molar-refractivity contribution is 9.09. The zero-order chi connectivity index (χ0) is 18.1. The van der Waals surface area contributed by atoms with Gasteiger partial charge in [0.1, 0.15) is 5.84 Å². The van der Waals surface area contributed by atoms with Gasteiger partial charge in [0.2, 0.25) is 0 Å². The Kier molecular flexibility index (Phi) is 6.09. The van der Waals surface area contributed by atoms with E-state index < -0.39 is 18.5 Å². The van der Waals surface area contributed by atoms with Crippen LogP contribution in [0.1, 0.15) is 26.7 Å². The van der Waals surface area contributed by atoms with Crippen LogP contribution in [0.4, 0.5) is 13.2 Å². The van der Waals surface area contributed by atoms with Crippen LogP contribution in [0.15, 0.2) is 16.1 Å². The highest BCUT2D eigenvalue weighted by Gasteiger charge is 2.47. The summed E-state index contributed by atoms with van der Waals surface area (Å²) >= 11 is 3.44. The van der Waals surface area contributed by atoms with Crippen LogP contribution in [0.3, 0.4) is 0 Å². The molecular weight excluding hydrogens is 389 g/mol. The number of alkyl halides is 4. The normalized spacial score (nSPS) is 30.8. The number of nitrogens with one attached hydrogen (secondary N) is 2. The van der Waals surface area contributed by atoms with Crippen LogP contribution in [0.25, 0.3) is 0 Å². The Morgan fingerprint density at radius 2 is 2.12 bits per heavy atom. The molecule has 0 saturated heterocycles. The summed E-state index contributed by atoms with van der Waals surface area (Å²) in [5.74, 6) is -0.113. The summed E-state index contributed by atoms with van der Waals surface area (Å²) in [7, 11) is 0. The van der Waals surface area contributed by atoms with Gasteiger partial charge in [-0.15, -0.1) is 13.2 Å². The maximum Gasteiger partial charge on any atom is 0.522 e. The van der Waals surface area contributed by atoms with E-state index in [1.54, 1.807) is 6.92 Å². The first-order chi connectivity index (χ1) is 11.1. The van der Waals surface area contributed by atoms with Crippen molar-refractivity contribution in [3.05, 3.63) is 11.1 Å². The zero-order valence-corrected chi connectivity index (χ0v) is 15.2. The van der Waals surface area contributed by atoms with Gasteiger partial charge in [0.15, 0.2) is 0 Å². The fourth-order valence-corrected chi connectivity index (χ4v) is 4.23. The first-order valence-corrected chi connectivity index (χ1v) is 8.77. The maximum absolute atomic E-state index is 12.8. The van der Waals surface area contributed by atoms with Crippen molar-refractivity contribution in [2.24, 2.45) is 16.6 Å². The Hall–Kier alpha value is -0.930. The molecule has 9 heteroatoms. The monoisotopic (exact) mass is 410 g/mol. The zero-order valence-electron chi connectivity index (χ0n) is 13.6. The number of dihydropyridines is 1. The SMILES string of the molecule is CCNCC1=C(C(C)=N)C(N)=N[C@@H]2C(OC(F)(F)F)CC(Br)C[C@H]12. The van der Waals surface area contributed by atoms with Gasteiger partial charge in [-0.05, 0) is 31.9 Å². The molecule has 1 aliphatic heterocycles. The topological polar surface area (TPSA) is 83.5 Å². The van der Waals surface area contributed by atoms with Crippen molar-refractivity contribution < 1.29 is 17.9 Å². The number of rotatable bonds is 5. The third-order valence-corrected chi connectivity index (χ3v) is 5.08. The summed E-state index contributed by atoms with van der Waals surface area (Å²) in [4.78, 5) is 4.18. The Balaban J connectivity index is 2.40. The number of aliphatic imine (C=N–C) groups is 1. The van der Waals surface area contributed by atoms with Crippen LogP contribution >= 0.6 is 15.9 Å². The number of hydrogen-bond donors (Lipinski definition) is 3. The number of likely N-dealkylation sites (N-methyl/N-ethyl adjacent to an activating group) is 1. The van der Waals surface area contributed by atoms with Gasteiger partial charge < -0.3 is 16.5 Å². The van der Waals surface area contributed by atoms with Crippen molar-refractivity contribution in [1.29, 1.82) is 5.41 Å². The molecule has 2 unspecified atom stereocenters. The second-order valence-electron chi connectivity index (χ2n) is 6.09. The number of ether oxygens (including phenoxy) is 1. The molecule has 0 bridgehead atoms. The number of fused-ring (bicyclic) bond motifs is 1. The summed E-state index contributed by atoms with van der Waals surface area (Å²) < 4.78 is 42.6. The average Bonchev–Trinajstić information content (AvgIpc) is 2.43. The van der Waals surface area contributed by atoms with Crippen LogP contribution in [0, 0.1) is 11.3 Å². The molecule has 0 amide bonds. The van der Waals surface area contributed by atoms with E-state index >= 15 is 0 Å². The van der Waals surface area contributed by atoms with E-state index in [0.717, 1.165) is 5.57 Å². The Morgan fingerprint density at radius 3 is 2.67 bits per heavy atom. The molecule has 1 aliphatic carbocycles. The summed E-state index contributed by atoms with van der Waals surface area (Å²) in [5, 5.41) is 11.2. The maximum atomic E-state index is 12.8. The van der Waals surface area contributed by atoms with E-state index in [-0.39, 0.29) is 28.7 Å². The van der Waals surface area contributed by atoms with E-state index in [1.807, 2.05) is 6.92 Å². The second kappa shape index (κ2) is 7.53. The first-order valence-electron chi connectivity index (χ1n) is 7.85. The highest BCUT2D eigenvalue weighted by Crippen LogP contribution is 2.42. The van der Waals surface area contributed by atoms with Crippen molar-refractivity contribution in [3.63, 3.8) is 0 Å². The number of nitrogens with two attached hydrogens (primary N) is 1. The summed E-state index contributed by atoms with van der Waals surface area (Å²) in [6, 6.07) is -0.683. The number of amidine groups is 1. The third kappa shape index (κ3) is 4.37. The van der Waals surface area contributed by atoms with Gasteiger partial charge in [-0.2, -0.15) is 0 Å². The van der Waals surface area contributed by atoms with Gasteiger partial charge in [-0.25, -0.2) is 0 Å². The molecule has 0 radical (unpaired) electrons. The number of hydrogen-bond acceptors (Lipinski definition) is 5. The predicted molar refractivity (Wildman–Crippen MR) is 90.7 cm³/mol. The van der Waals surface area contributed by atoms with Gasteiger partial charge in [0.25, 0.3) is 0 Å². The molecule has 5 nitrogen and oxygen atoms in total. The van der Waals surface area contributed by atoms with E-state index in [2.05, 4.69) is 31.0 Å². The van der Waals surface area contributed by atoms with Crippen molar-refractivity contribution in [2.45, 2.75) is 50.0 Å². The molecule has 0 spiro atoms. The average molecular weight is 411 g/mol. The van der Waals surface area contributed by atoms with Crippen molar-refractivity contribution in [3.8, 4) is 0 Å². The fraction of sp³-hybridized carbons (Fsp3) is 0.733. The lowest BCUT2D eigenvalue weighted by Gasteiger charge is -2.42. The van der Waals surface area contributed by atoms with Gasteiger partial charge in [-0.1, -0.05) is 22.9 Å². The molecule has 2 aliphatic rings. The van der Waals surface area contributed by atoms with Gasteiger partial charge in [-0.3, -0.25) is 9.73 Å². The van der Waals surface area contributed by atoms with E-state index in [4.69, 9.17) is 11.1 Å². The minimum Gasteiger partial charge on any atom is -0.383 e. The standard InChI is InChI=1S/C15H22BrF3N4O/c1-3-22-6-10-9-4-8(16)5-11(24-15(17,18)19)13(9)23-14(21)12(10)7(2)20/h8-9,11,13,20,22H,3-6H2,1-2H3,(H2,21,23)/t8?,9-,11?,13+/m1/s1. The van der Waals surface area contributed by atoms with E-state index in [1.165, 1.54) is 0 Å². The second-order valence-corrected chi connectivity index (χ2v) is 7.38. The summed E-state index contributed by atoms with van der Waals surface area (Å²) in [6.07, 6.45) is -4.95. The molecule has 1 saturated carbocycles. The van der Waals surface area contributed by atoms with Gasteiger partial charge in [0.05, 0.1) is 12.1 Å². The summed E-state index contributed by atoms with van der Waals surface area (Å²) in [5.41, 5.74) is 7.65. The minimum absolute atomic E-state index is 0.107. The molecule has 4 atom stereocenters. The predicted octanol–water partition coefficient (Wildman–Crippen LogP) is 2.75. The summed E-state index contributed by atoms with van der Waals surface area (Å²) in [6.45, 7) is 4.74. The number of nitrogens with zero attached hydrogens (tertiary/aromatic N) is 1. The molecular formula is C15H22BrF3N4O. The van der Waals surface area contributed by atoms with Gasteiger partial charge >= 0.3 is 6.36 Å². The fourth-order valence-electron chi connectivity index (χ4n) is 3.46. The van der Waals surface area contributed by atoms with Gasteiger partial charge in [0, 0.05) is 28.6 Å². The van der Waals surface area contributed by atoms with Crippen molar-refractivity contribution in [1.82, 2.24) is 5.32 Å². The van der Waals surface area contributed by atoms with Crippen LogP contribution in [0.5, 0.6) is 0 Å². The van der Waals surface area contributed by atoms with Crippen LogP contribution < -0.4 is 11.1 Å². The molecule has 0 aromatic rings. The van der Waals surface area contributed by atoms with Crippen molar-refractivity contribution in [2.75, 3.05) is 13.1 Å². The van der Waals surface area contributed by atoms with Crippen LogP contribution in [-0.2, 0) is 4.74 Å². The lowest BCUT2D eigenvalue weighted by Crippen LogP contribution is -2.50. The van der Waals surface area contributed by atoms with Crippen molar-refractivity contribution >= 4 is 27.5 Å². The lowest BCUT2D eigenvalue weighted by atomic mass is 9.74. The minimum atomic E-state index is -4.72. The molecule has 24 heavy (non-hydrogen) atoms. The molecule has 4 N–H and O–H groups in total. The molecule has 0 aromatic heterocycles. The molecule has 136 valence electrons. The molecule has 0 aromatic carbocycles. The van der Waals surface area contributed by atoms with Crippen LogP contribution in [0.2, 0.25) is 0 Å². The lowest BCUT2D eigenvalue weighted by molar-refractivity contribution is -0.347. The largest absolute Gasteiger partial charge is 0.522 e.